The van der Waals surface area contributed by atoms with Crippen LogP contribution in [0.2, 0.25) is 0 Å². The number of rotatable bonds is 2. The summed E-state index contributed by atoms with van der Waals surface area (Å²) in [6.45, 7) is 1.82. The van der Waals surface area contributed by atoms with Gasteiger partial charge in [-0.3, -0.25) is 4.79 Å². The number of nitrogens with zero attached hydrogens (tertiary/aromatic N) is 5. The van der Waals surface area contributed by atoms with Gasteiger partial charge in [0.1, 0.15) is 5.03 Å². The SMILES string of the molecule is CSc1ncccc1C(=O)N1CC[C@@H]2OCc3cnnn3[C@H]2C1. The zero-order chi connectivity index (χ0) is 15.8. The summed E-state index contributed by atoms with van der Waals surface area (Å²) in [6.07, 6.45) is 6.28. The van der Waals surface area contributed by atoms with Crippen LogP contribution in [0, 0.1) is 0 Å². The Morgan fingerprint density at radius 2 is 2.39 bits per heavy atom. The van der Waals surface area contributed by atoms with E-state index in [1.54, 1.807) is 18.5 Å². The van der Waals surface area contributed by atoms with Gasteiger partial charge in [0.15, 0.2) is 0 Å². The molecule has 0 saturated carbocycles. The number of pyridine rings is 1. The number of piperidine rings is 1. The van der Waals surface area contributed by atoms with E-state index in [1.807, 2.05) is 21.9 Å². The summed E-state index contributed by atoms with van der Waals surface area (Å²) >= 11 is 1.49. The molecule has 0 aliphatic carbocycles. The molecule has 0 unspecified atom stereocenters. The van der Waals surface area contributed by atoms with Gasteiger partial charge in [0.25, 0.3) is 5.91 Å². The Kier molecular flexibility index (Phi) is 3.78. The van der Waals surface area contributed by atoms with Crippen molar-refractivity contribution in [2.45, 2.75) is 30.2 Å². The van der Waals surface area contributed by atoms with Crippen LogP contribution in [-0.4, -0.2) is 56.2 Å². The van der Waals surface area contributed by atoms with E-state index in [-0.39, 0.29) is 18.1 Å². The minimum Gasteiger partial charge on any atom is -0.370 e. The van der Waals surface area contributed by atoms with Crippen LogP contribution in [0.4, 0.5) is 0 Å². The molecule has 2 atom stereocenters. The number of carbonyl (C=O) groups is 1. The van der Waals surface area contributed by atoms with E-state index in [4.69, 9.17) is 4.74 Å². The van der Waals surface area contributed by atoms with Gasteiger partial charge in [0, 0.05) is 19.3 Å². The minimum absolute atomic E-state index is 0.0214. The highest BCUT2D eigenvalue weighted by molar-refractivity contribution is 7.98. The van der Waals surface area contributed by atoms with Crippen molar-refractivity contribution in [1.82, 2.24) is 24.9 Å². The number of hydrogen-bond donors (Lipinski definition) is 0. The summed E-state index contributed by atoms with van der Waals surface area (Å²) in [5.74, 6) is 0.0214. The topological polar surface area (TPSA) is 73.1 Å². The number of fused-ring (bicyclic) bond motifs is 3. The fourth-order valence-electron chi connectivity index (χ4n) is 3.25. The molecule has 0 N–H and O–H groups in total. The second kappa shape index (κ2) is 5.93. The zero-order valence-corrected chi connectivity index (χ0v) is 13.6. The summed E-state index contributed by atoms with van der Waals surface area (Å²) < 4.78 is 7.80. The highest BCUT2D eigenvalue weighted by Crippen LogP contribution is 2.31. The predicted octanol–water partition coefficient (Wildman–Crippen LogP) is 1.38. The van der Waals surface area contributed by atoms with Gasteiger partial charge in [-0.05, 0) is 24.8 Å². The molecule has 8 heteroatoms. The average Bonchev–Trinajstić information content (AvgIpc) is 3.09. The van der Waals surface area contributed by atoms with E-state index in [9.17, 15) is 4.79 Å². The molecule has 2 aliphatic rings. The van der Waals surface area contributed by atoms with Crippen LogP contribution in [0.5, 0.6) is 0 Å². The van der Waals surface area contributed by atoms with Gasteiger partial charge in [-0.15, -0.1) is 16.9 Å². The molecular weight excluding hydrogens is 314 g/mol. The Bertz CT molecular complexity index is 734. The van der Waals surface area contributed by atoms with Crippen molar-refractivity contribution in [3.8, 4) is 0 Å². The van der Waals surface area contributed by atoms with E-state index >= 15 is 0 Å². The second-order valence-corrected chi connectivity index (χ2v) is 6.48. The number of hydrogen-bond acceptors (Lipinski definition) is 6. The maximum Gasteiger partial charge on any atom is 0.256 e. The van der Waals surface area contributed by atoms with Gasteiger partial charge >= 0.3 is 0 Å². The van der Waals surface area contributed by atoms with Crippen molar-refractivity contribution in [2.24, 2.45) is 0 Å². The molecule has 0 bridgehead atoms. The smallest absolute Gasteiger partial charge is 0.256 e. The van der Waals surface area contributed by atoms with Crippen LogP contribution < -0.4 is 0 Å². The summed E-state index contributed by atoms with van der Waals surface area (Å²) in [4.78, 5) is 19.0. The van der Waals surface area contributed by atoms with Crippen LogP contribution in [0.1, 0.15) is 28.5 Å². The standard InChI is InChI=1S/C15H17N5O2S/c1-23-14-11(3-2-5-16-14)15(21)19-6-4-13-12(8-19)20-10(9-22-13)7-17-18-20/h2-3,5,7,12-13H,4,6,8-9H2,1H3/t12-,13-/m0/s1. The fourth-order valence-corrected chi connectivity index (χ4v) is 3.79. The lowest BCUT2D eigenvalue weighted by Gasteiger charge is -2.41. The molecule has 2 aromatic rings. The third-order valence-corrected chi connectivity index (χ3v) is 5.12. The Balaban J connectivity index is 1.59. The maximum atomic E-state index is 12.9. The molecule has 1 fully saturated rings. The first-order valence-electron chi connectivity index (χ1n) is 7.57. The molecule has 4 heterocycles. The van der Waals surface area contributed by atoms with E-state index in [2.05, 4.69) is 15.3 Å². The van der Waals surface area contributed by atoms with Gasteiger partial charge in [0.2, 0.25) is 0 Å². The summed E-state index contributed by atoms with van der Waals surface area (Å²) in [5, 5.41) is 8.90. The molecule has 1 amide bonds. The largest absolute Gasteiger partial charge is 0.370 e. The number of aromatic nitrogens is 4. The Morgan fingerprint density at radius 3 is 3.26 bits per heavy atom. The van der Waals surface area contributed by atoms with Crippen LogP contribution in [0.3, 0.4) is 0 Å². The molecule has 23 heavy (non-hydrogen) atoms. The fraction of sp³-hybridized carbons (Fsp3) is 0.467. The van der Waals surface area contributed by atoms with E-state index in [0.29, 0.717) is 25.3 Å². The maximum absolute atomic E-state index is 12.9. The third-order valence-electron chi connectivity index (χ3n) is 4.41. The first kappa shape index (κ1) is 14.6. The first-order valence-corrected chi connectivity index (χ1v) is 8.79. The lowest BCUT2D eigenvalue weighted by molar-refractivity contribution is -0.0605. The molecular formula is C15H17N5O2S. The van der Waals surface area contributed by atoms with Gasteiger partial charge in [-0.2, -0.15) is 0 Å². The highest BCUT2D eigenvalue weighted by Gasteiger charge is 2.38. The van der Waals surface area contributed by atoms with Crippen molar-refractivity contribution in [1.29, 1.82) is 0 Å². The minimum atomic E-state index is 0.0214. The van der Waals surface area contributed by atoms with Crippen molar-refractivity contribution in [2.75, 3.05) is 19.3 Å². The molecule has 0 radical (unpaired) electrons. The Labute approximate surface area is 138 Å². The molecule has 1 saturated heterocycles. The zero-order valence-electron chi connectivity index (χ0n) is 12.8. The third kappa shape index (κ3) is 2.51. The van der Waals surface area contributed by atoms with Gasteiger partial charge in [-0.1, -0.05) is 5.21 Å². The van der Waals surface area contributed by atoms with Crippen LogP contribution in [0.25, 0.3) is 0 Å². The van der Waals surface area contributed by atoms with Crippen molar-refractivity contribution in [3.05, 3.63) is 35.8 Å². The van der Waals surface area contributed by atoms with E-state index in [1.165, 1.54) is 11.8 Å². The first-order chi connectivity index (χ1) is 11.3. The average molecular weight is 331 g/mol. The number of thioether (sulfide) groups is 1. The molecule has 0 spiro atoms. The van der Waals surface area contributed by atoms with Gasteiger partial charge in [0.05, 0.1) is 36.2 Å². The number of carbonyl (C=O) groups excluding carboxylic acids is 1. The van der Waals surface area contributed by atoms with Crippen molar-refractivity contribution >= 4 is 17.7 Å². The van der Waals surface area contributed by atoms with E-state index < -0.39 is 0 Å². The quantitative estimate of drug-likeness (QED) is 0.774. The lowest BCUT2D eigenvalue weighted by Crippen LogP contribution is -2.50. The Hall–Kier alpha value is -1.93. The number of ether oxygens (including phenoxy) is 1. The second-order valence-electron chi connectivity index (χ2n) is 5.69. The summed E-state index contributed by atoms with van der Waals surface area (Å²) in [7, 11) is 0. The van der Waals surface area contributed by atoms with Crippen LogP contribution in [-0.2, 0) is 11.3 Å². The van der Waals surface area contributed by atoms with Crippen molar-refractivity contribution < 1.29 is 9.53 Å². The molecule has 120 valence electrons. The summed E-state index contributed by atoms with van der Waals surface area (Å²) in [5.41, 5.74) is 1.63. The normalized spacial score (nSPS) is 23.3. The van der Waals surface area contributed by atoms with Gasteiger partial charge < -0.3 is 9.64 Å². The highest BCUT2D eigenvalue weighted by atomic mass is 32.2. The molecule has 2 aliphatic heterocycles. The molecule has 7 nitrogen and oxygen atoms in total. The number of amides is 1. The molecule has 4 rings (SSSR count). The van der Waals surface area contributed by atoms with Gasteiger partial charge in [-0.25, -0.2) is 9.67 Å². The summed E-state index contributed by atoms with van der Waals surface area (Å²) in [6, 6.07) is 3.68. The number of likely N-dealkylation sites (tertiary alicyclic amines) is 1. The molecule has 2 aromatic heterocycles. The van der Waals surface area contributed by atoms with Crippen LogP contribution >= 0.6 is 11.8 Å². The predicted molar refractivity (Wildman–Crippen MR) is 84.2 cm³/mol. The Morgan fingerprint density at radius 1 is 1.48 bits per heavy atom. The molecule has 0 aromatic carbocycles. The van der Waals surface area contributed by atoms with E-state index in [0.717, 1.165) is 17.1 Å². The van der Waals surface area contributed by atoms with Crippen molar-refractivity contribution in [3.63, 3.8) is 0 Å². The van der Waals surface area contributed by atoms with Crippen LogP contribution in [0.15, 0.2) is 29.6 Å². The lowest BCUT2D eigenvalue weighted by atomic mass is 10.00. The monoisotopic (exact) mass is 331 g/mol.